The van der Waals surface area contributed by atoms with Crippen molar-refractivity contribution in [2.45, 2.75) is 59.2 Å². The first-order valence-corrected chi connectivity index (χ1v) is 20.0. The largest absolute Gasteiger partial charge is 0.489 e. The molecule has 0 aliphatic carbocycles. The molecular weight excluding hydrogens is 725 g/mol. The molecule has 0 N–H and O–H groups in total. The molecule has 278 valence electrons. The van der Waals surface area contributed by atoms with E-state index in [0.29, 0.717) is 45.1 Å². The van der Waals surface area contributed by atoms with E-state index in [1.54, 1.807) is 112 Å². The molecule has 0 amide bonds. The molecule has 0 atom stereocenters. The fourth-order valence-electron chi connectivity index (χ4n) is 5.27. The molecule has 0 saturated carbocycles. The van der Waals surface area contributed by atoms with Crippen molar-refractivity contribution in [3.05, 3.63) is 163 Å². The predicted molar refractivity (Wildman–Crippen MR) is 205 cm³/mol. The van der Waals surface area contributed by atoms with Crippen LogP contribution in [0.1, 0.15) is 31.9 Å². The van der Waals surface area contributed by atoms with Crippen molar-refractivity contribution in [1.82, 2.24) is 9.97 Å². The van der Waals surface area contributed by atoms with Crippen molar-refractivity contribution >= 4 is 26.4 Å². The first kappa shape index (κ1) is 38.0. The lowest BCUT2D eigenvalue weighted by molar-refractivity contribution is -0.157. The Bertz CT molecular complexity index is 2130. The van der Waals surface area contributed by atoms with Crippen LogP contribution in [0.15, 0.2) is 172 Å². The lowest BCUT2D eigenvalue weighted by atomic mass is 10.2. The summed E-state index contributed by atoms with van der Waals surface area (Å²) in [6.07, 6.45) is 6.81. The Hall–Kier alpha value is -5.69. The molecule has 0 saturated heterocycles. The highest BCUT2D eigenvalue weighted by Gasteiger charge is 2.38. The average Bonchev–Trinajstić information content (AvgIpc) is 3.19. The van der Waals surface area contributed by atoms with Crippen LogP contribution >= 0.6 is 10.3 Å². The van der Waals surface area contributed by atoms with Crippen LogP contribution in [-0.4, -0.2) is 36.6 Å². The van der Waals surface area contributed by atoms with Gasteiger partial charge in [-0.2, -0.15) is 8.42 Å². The lowest BCUT2D eigenvalue weighted by Crippen LogP contribution is -2.27. The summed E-state index contributed by atoms with van der Waals surface area (Å²) >= 11 is 0. The minimum atomic E-state index is -4.35. The summed E-state index contributed by atoms with van der Waals surface area (Å²) in [6.45, 7) is 5.70. The Balaban J connectivity index is 1.41. The maximum absolute atomic E-state index is 14.2. The number of carbonyl (C=O) groups excluding carboxylic acids is 1. The number of benzene rings is 4. The number of hydrogen-bond donors (Lipinski definition) is 0. The fraction of sp³-hybridized carbons (Fsp3) is 0.167. The SMILES string of the molecule is CC(C)(C)OC(=O)COc1ccc(S(OS(=O)(=O)c2ccccc2)(c2ccc(OCc3ccncc3)cc2)c2ccc(OCc3ccncc3)cc2)cc1. The molecule has 2 heterocycles. The van der Waals surface area contributed by atoms with E-state index in [-0.39, 0.29) is 11.5 Å². The highest BCUT2D eigenvalue weighted by molar-refractivity contribution is 8.33. The van der Waals surface area contributed by atoms with Gasteiger partial charge in [0.15, 0.2) is 6.61 Å². The fourth-order valence-corrected chi connectivity index (χ4v) is 10.5. The Morgan fingerprint density at radius 2 is 0.944 bits per heavy atom. The van der Waals surface area contributed by atoms with Gasteiger partial charge in [-0.3, -0.25) is 9.97 Å². The van der Waals surface area contributed by atoms with Crippen molar-refractivity contribution < 1.29 is 35.8 Å². The van der Waals surface area contributed by atoms with Crippen LogP contribution in [0.25, 0.3) is 0 Å². The number of ether oxygens (including phenoxy) is 4. The van der Waals surface area contributed by atoms with Crippen molar-refractivity contribution in [3.8, 4) is 17.2 Å². The quantitative estimate of drug-likeness (QED) is 0.0937. The highest BCUT2D eigenvalue weighted by atomic mass is 32.3. The van der Waals surface area contributed by atoms with E-state index in [9.17, 15) is 13.2 Å². The number of hydrogen-bond acceptors (Lipinski definition) is 10. The molecule has 0 radical (unpaired) electrons. The van der Waals surface area contributed by atoms with Gasteiger partial charge in [-0.1, -0.05) is 18.2 Å². The minimum absolute atomic E-state index is 0.00815. The summed E-state index contributed by atoms with van der Waals surface area (Å²) in [5, 5.41) is 0. The zero-order valence-electron chi connectivity index (χ0n) is 30.0. The van der Waals surface area contributed by atoms with Crippen molar-refractivity contribution in [3.63, 3.8) is 0 Å². The number of carbonyl (C=O) groups is 1. The van der Waals surface area contributed by atoms with Crippen LogP contribution in [0, 0.1) is 0 Å². The van der Waals surface area contributed by atoms with Gasteiger partial charge in [0.25, 0.3) is 0 Å². The average molecular weight is 765 g/mol. The summed E-state index contributed by atoms with van der Waals surface area (Å²) in [5.74, 6) is 1.05. The number of pyridine rings is 2. The smallest absolute Gasteiger partial charge is 0.344 e. The molecule has 0 spiro atoms. The Morgan fingerprint density at radius 3 is 1.35 bits per heavy atom. The second-order valence-electron chi connectivity index (χ2n) is 13.0. The zero-order valence-corrected chi connectivity index (χ0v) is 31.7. The van der Waals surface area contributed by atoms with E-state index in [2.05, 4.69) is 9.97 Å². The summed E-state index contributed by atoms with van der Waals surface area (Å²) in [7, 11) is -7.39. The monoisotopic (exact) mass is 764 g/mol. The normalized spacial score (nSPS) is 12.1. The third-order valence-electron chi connectivity index (χ3n) is 7.78. The van der Waals surface area contributed by atoms with Crippen LogP contribution < -0.4 is 14.2 Å². The van der Waals surface area contributed by atoms with Crippen LogP contribution in [0.5, 0.6) is 17.2 Å². The number of rotatable bonds is 15. The van der Waals surface area contributed by atoms with E-state index in [4.69, 9.17) is 22.6 Å². The van der Waals surface area contributed by atoms with E-state index in [0.717, 1.165) is 11.1 Å². The van der Waals surface area contributed by atoms with Crippen molar-refractivity contribution in [2.75, 3.05) is 6.61 Å². The maximum Gasteiger partial charge on any atom is 0.344 e. The van der Waals surface area contributed by atoms with Gasteiger partial charge < -0.3 is 18.9 Å². The molecule has 54 heavy (non-hydrogen) atoms. The third kappa shape index (κ3) is 9.84. The molecule has 10 nitrogen and oxygen atoms in total. The second kappa shape index (κ2) is 17.0. The Kier molecular flexibility index (Phi) is 12.0. The van der Waals surface area contributed by atoms with E-state index in [1.807, 2.05) is 48.5 Å². The highest BCUT2D eigenvalue weighted by Crippen LogP contribution is 2.70. The molecule has 0 unspecified atom stereocenters. The van der Waals surface area contributed by atoms with E-state index < -0.39 is 32.0 Å². The standard InChI is InChI=1S/C42H40N2O8S2/c1-42(2,3)51-41(45)31-50-36-13-19-39(20-14-36)53(52-54(46,47)40-7-5-4-6-8-40,37-15-9-34(10-16-37)48-29-32-21-25-43-26-22-32)38-17-11-35(12-18-38)49-30-33-23-27-44-28-24-33/h4-28H,29-31H2,1-3H3. The molecule has 4 aromatic carbocycles. The zero-order chi connectivity index (χ0) is 38.0. The third-order valence-corrected chi connectivity index (χ3v) is 13.0. The summed E-state index contributed by atoms with van der Waals surface area (Å²) in [4.78, 5) is 22.2. The number of aromatic nitrogens is 2. The molecule has 0 aliphatic rings. The van der Waals surface area contributed by atoms with Gasteiger partial charge in [0, 0.05) is 39.5 Å². The first-order valence-electron chi connectivity index (χ1n) is 17.0. The van der Waals surface area contributed by atoms with Crippen LogP contribution in [0.2, 0.25) is 0 Å². The summed E-state index contributed by atoms with van der Waals surface area (Å²) in [5.41, 5.74) is 1.24. The van der Waals surface area contributed by atoms with Gasteiger partial charge >= 0.3 is 16.1 Å². The van der Waals surface area contributed by atoms with Gasteiger partial charge in [0.05, 0.1) is 4.90 Å². The molecule has 2 aromatic heterocycles. The molecule has 6 aromatic rings. The molecule has 12 heteroatoms. The van der Waals surface area contributed by atoms with Crippen molar-refractivity contribution in [1.29, 1.82) is 0 Å². The molecule has 0 bridgehead atoms. The Morgan fingerprint density at radius 1 is 0.537 bits per heavy atom. The molecular formula is C42H40N2O8S2. The van der Waals surface area contributed by atoms with Crippen LogP contribution in [0.3, 0.4) is 0 Å². The van der Waals surface area contributed by atoms with Gasteiger partial charge in [0.2, 0.25) is 0 Å². The predicted octanol–water partition coefficient (Wildman–Crippen LogP) is 8.96. The maximum atomic E-state index is 14.2. The second-order valence-corrected chi connectivity index (χ2v) is 17.4. The molecule has 6 rings (SSSR count). The van der Waals surface area contributed by atoms with Gasteiger partial charge in [-0.25, -0.2) is 8.42 Å². The number of nitrogens with zero attached hydrogens (tertiary/aromatic N) is 2. The van der Waals surface area contributed by atoms with Crippen molar-refractivity contribution in [2.24, 2.45) is 0 Å². The Labute approximate surface area is 317 Å². The summed E-state index contributed by atoms with van der Waals surface area (Å²) < 4.78 is 58.3. The van der Waals surface area contributed by atoms with Gasteiger partial charge in [-0.05, 0) is 151 Å². The van der Waals surface area contributed by atoms with E-state index in [1.165, 1.54) is 12.1 Å². The van der Waals surface area contributed by atoms with Crippen LogP contribution in [0.4, 0.5) is 0 Å². The van der Waals surface area contributed by atoms with E-state index >= 15 is 0 Å². The van der Waals surface area contributed by atoms with Gasteiger partial charge in [0.1, 0.15) is 36.1 Å². The lowest BCUT2D eigenvalue weighted by Gasteiger charge is -2.39. The summed E-state index contributed by atoms with van der Waals surface area (Å²) in [6, 6.07) is 36.8. The first-order chi connectivity index (χ1) is 26.0. The topological polar surface area (TPSA) is 123 Å². The van der Waals surface area contributed by atoms with Crippen LogP contribution in [-0.2, 0) is 36.5 Å². The van der Waals surface area contributed by atoms with Gasteiger partial charge in [-0.15, -0.1) is 0 Å². The molecule has 0 fully saturated rings. The molecule has 0 aliphatic heterocycles. The number of esters is 1. The minimum Gasteiger partial charge on any atom is -0.489 e.